The van der Waals surface area contributed by atoms with Crippen LogP contribution in [0, 0.1) is 5.82 Å². The number of pyridine rings is 1. The third-order valence-electron chi connectivity index (χ3n) is 4.02. The van der Waals surface area contributed by atoms with Gasteiger partial charge in [-0.25, -0.2) is 14.2 Å². The molecule has 0 fully saturated rings. The van der Waals surface area contributed by atoms with Crippen molar-refractivity contribution in [3.05, 3.63) is 50.3 Å². The second-order valence-corrected chi connectivity index (χ2v) is 7.12. The molecule has 3 aromatic rings. The molecule has 0 aliphatic carbocycles. The van der Waals surface area contributed by atoms with E-state index in [4.69, 9.17) is 0 Å². The Bertz CT molecular complexity index is 1060. The first-order valence-corrected chi connectivity index (χ1v) is 8.89. The van der Waals surface area contributed by atoms with Crippen molar-refractivity contribution >= 4 is 28.2 Å². The molecule has 0 saturated carbocycles. The van der Waals surface area contributed by atoms with E-state index in [-0.39, 0.29) is 10.9 Å². The molecule has 0 aliphatic rings. The zero-order chi connectivity index (χ0) is 19.0. The molecule has 0 unspecified atom stereocenters. The van der Waals surface area contributed by atoms with Crippen molar-refractivity contribution in [3.63, 3.8) is 0 Å². The van der Waals surface area contributed by atoms with Crippen LogP contribution in [0.25, 0.3) is 22.2 Å². The molecule has 136 valence electrons. The number of fused-ring (bicyclic) bond motifs is 1. The summed E-state index contributed by atoms with van der Waals surface area (Å²) < 4.78 is 16.3. The molecular formula is C18H18FN3O3S. The maximum Gasteiger partial charge on any atom is 0.341 e. The van der Waals surface area contributed by atoms with E-state index in [1.54, 1.807) is 16.0 Å². The number of hydrogen-bond acceptors (Lipinski definition) is 5. The summed E-state index contributed by atoms with van der Waals surface area (Å²) in [5, 5.41) is 11.9. The highest BCUT2D eigenvalue weighted by Gasteiger charge is 2.18. The number of aromatic nitrogens is 2. The number of hydrogen-bond donors (Lipinski definition) is 1. The number of carbonyl (C=O) groups is 1. The zero-order valence-corrected chi connectivity index (χ0v) is 15.4. The van der Waals surface area contributed by atoms with Crippen molar-refractivity contribution in [2.45, 2.75) is 20.0 Å². The van der Waals surface area contributed by atoms with Crippen molar-refractivity contribution in [1.29, 1.82) is 0 Å². The van der Waals surface area contributed by atoms with E-state index < -0.39 is 17.2 Å². The second-order valence-electron chi connectivity index (χ2n) is 6.18. The second kappa shape index (κ2) is 6.97. The van der Waals surface area contributed by atoms with Crippen LogP contribution in [0.2, 0.25) is 0 Å². The van der Waals surface area contributed by atoms with Gasteiger partial charge < -0.3 is 14.6 Å². The number of rotatable bonds is 5. The average Bonchev–Trinajstić information content (AvgIpc) is 3.02. The monoisotopic (exact) mass is 375 g/mol. The first kappa shape index (κ1) is 18.2. The SMILES string of the molecule is CCn1cc(C(=O)O)c(=O)c2cc(F)c(-c3csc(CN(C)C)n3)cc21. The fraction of sp³-hybridized carbons (Fsp3) is 0.278. The number of carboxylic acids is 1. The predicted molar refractivity (Wildman–Crippen MR) is 99.3 cm³/mol. The molecular weight excluding hydrogens is 357 g/mol. The first-order chi connectivity index (χ1) is 12.3. The highest BCUT2D eigenvalue weighted by atomic mass is 32.1. The molecule has 3 rings (SSSR count). The van der Waals surface area contributed by atoms with Gasteiger partial charge in [0.15, 0.2) is 0 Å². The van der Waals surface area contributed by atoms with E-state index in [1.807, 2.05) is 25.9 Å². The van der Waals surface area contributed by atoms with Gasteiger partial charge in [-0.2, -0.15) is 0 Å². The summed E-state index contributed by atoms with van der Waals surface area (Å²) in [6, 6.07) is 2.67. The van der Waals surface area contributed by atoms with Gasteiger partial charge in [-0.1, -0.05) is 0 Å². The lowest BCUT2D eigenvalue weighted by molar-refractivity contribution is 0.0695. The fourth-order valence-electron chi connectivity index (χ4n) is 2.80. The van der Waals surface area contributed by atoms with Crippen LogP contribution in [-0.2, 0) is 13.1 Å². The molecule has 2 aromatic heterocycles. The van der Waals surface area contributed by atoms with E-state index in [0.717, 1.165) is 11.1 Å². The van der Waals surface area contributed by atoms with E-state index in [1.165, 1.54) is 17.5 Å². The Hall–Kier alpha value is -2.58. The molecule has 0 radical (unpaired) electrons. The Labute approximate surface area is 153 Å². The standard InChI is InChI=1S/C18H18FN3O3S/c1-4-22-7-12(18(24)25)17(23)11-5-13(19)10(6-15(11)22)14-9-26-16(20-14)8-21(2)3/h5-7,9H,4,8H2,1-3H3,(H,24,25). The molecule has 0 spiro atoms. The molecule has 8 heteroatoms. The highest BCUT2D eigenvalue weighted by Crippen LogP contribution is 2.28. The van der Waals surface area contributed by atoms with Crippen molar-refractivity contribution < 1.29 is 14.3 Å². The Kier molecular flexibility index (Phi) is 4.88. The van der Waals surface area contributed by atoms with E-state index >= 15 is 0 Å². The van der Waals surface area contributed by atoms with Gasteiger partial charge in [0.05, 0.1) is 11.2 Å². The topological polar surface area (TPSA) is 75.4 Å². The molecule has 0 amide bonds. The van der Waals surface area contributed by atoms with Crippen LogP contribution in [-0.4, -0.2) is 39.6 Å². The van der Waals surface area contributed by atoms with E-state index in [9.17, 15) is 19.1 Å². The van der Waals surface area contributed by atoms with Crippen LogP contribution >= 0.6 is 11.3 Å². The summed E-state index contributed by atoms with van der Waals surface area (Å²) in [6.07, 6.45) is 1.30. The molecule has 0 atom stereocenters. The molecule has 2 heterocycles. The Morgan fingerprint density at radius 2 is 2.12 bits per heavy atom. The van der Waals surface area contributed by atoms with E-state index in [0.29, 0.717) is 29.9 Å². The van der Waals surface area contributed by atoms with Crippen LogP contribution in [0.3, 0.4) is 0 Å². The van der Waals surface area contributed by atoms with Crippen LogP contribution in [0.15, 0.2) is 28.5 Å². The zero-order valence-electron chi connectivity index (χ0n) is 14.6. The van der Waals surface area contributed by atoms with Gasteiger partial charge in [0.25, 0.3) is 0 Å². The van der Waals surface area contributed by atoms with Crippen molar-refractivity contribution in [2.24, 2.45) is 0 Å². The quantitative estimate of drug-likeness (QED) is 0.742. The van der Waals surface area contributed by atoms with Gasteiger partial charge in [-0.05, 0) is 33.2 Å². The third kappa shape index (κ3) is 3.25. The van der Waals surface area contributed by atoms with Gasteiger partial charge in [0.2, 0.25) is 5.43 Å². The lowest BCUT2D eigenvalue weighted by atomic mass is 10.1. The summed E-state index contributed by atoms with van der Waals surface area (Å²) in [6.45, 7) is 2.93. The number of carboxylic acid groups (broad SMARTS) is 1. The Morgan fingerprint density at radius 1 is 1.38 bits per heavy atom. The number of aryl methyl sites for hydroxylation is 1. The minimum atomic E-state index is -1.32. The number of thiazole rings is 1. The normalized spacial score (nSPS) is 11.4. The smallest absolute Gasteiger partial charge is 0.341 e. The van der Waals surface area contributed by atoms with Crippen molar-refractivity contribution in [2.75, 3.05) is 14.1 Å². The molecule has 1 aromatic carbocycles. The lowest BCUT2D eigenvalue weighted by Gasteiger charge is -2.12. The summed E-state index contributed by atoms with van der Waals surface area (Å²) in [5.74, 6) is -1.92. The largest absolute Gasteiger partial charge is 0.477 e. The summed E-state index contributed by atoms with van der Waals surface area (Å²) >= 11 is 1.44. The first-order valence-electron chi connectivity index (χ1n) is 8.01. The molecule has 6 nitrogen and oxygen atoms in total. The van der Waals surface area contributed by atoms with Crippen LogP contribution in [0.1, 0.15) is 22.3 Å². The molecule has 26 heavy (non-hydrogen) atoms. The van der Waals surface area contributed by atoms with Crippen LogP contribution in [0.4, 0.5) is 4.39 Å². The Morgan fingerprint density at radius 3 is 2.73 bits per heavy atom. The van der Waals surface area contributed by atoms with Gasteiger partial charge in [0, 0.05) is 35.6 Å². The number of nitrogens with zero attached hydrogens (tertiary/aromatic N) is 3. The summed E-state index contributed by atoms with van der Waals surface area (Å²) in [4.78, 5) is 30.1. The van der Waals surface area contributed by atoms with Crippen molar-refractivity contribution in [3.8, 4) is 11.3 Å². The van der Waals surface area contributed by atoms with E-state index in [2.05, 4.69) is 4.98 Å². The fourth-order valence-corrected chi connectivity index (χ4v) is 3.71. The van der Waals surface area contributed by atoms with Crippen LogP contribution < -0.4 is 5.43 Å². The molecule has 0 saturated heterocycles. The van der Waals surface area contributed by atoms with Gasteiger partial charge in [-0.3, -0.25) is 4.79 Å². The molecule has 0 bridgehead atoms. The number of halogens is 1. The number of benzene rings is 1. The summed E-state index contributed by atoms with van der Waals surface area (Å²) in [7, 11) is 3.86. The number of aromatic carboxylic acids is 1. The van der Waals surface area contributed by atoms with Gasteiger partial charge >= 0.3 is 5.97 Å². The minimum Gasteiger partial charge on any atom is -0.477 e. The average molecular weight is 375 g/mol. The maximum atomic E-state index is 14.7. The summed E-state index contributed by atoms with van der Waals surface area (Å²) in [5.41, 5.74) is 0.232. The third-order valence-corrected chi connectivity index (χ3v) is 4.85. The molecule has 0 aliphatic heterocycles. The maximum absolute atomic E-state index is 14.7. The Balaban J connectivity index is 2.22. The minimum absolute atomic E-state index is 0.0525. The van der Waals surface area contributed by atoms with Crippen LogP contribution in [0.5, 0.6) is 0 Å². The predicted octanol–water partition coefficient (Wildman–Crippen LogP) is 3.04. The lowest BCUT2D eigenvalue weighted by Crippen LogP contribution is -2.19. The van der Waals surface area contributed by atoms with Gasteiger partial charge in [-0.15, -0.1) is 11.3 Å². The van der Waals surface area contributed by atoms with Gasteiger partial charge in [0.1, 0.15) is 16.4 Å². The molecule has 1 N–H and O–H groups in total. The van der Waals surface area contributed by atoms with Crippen molar-refractivity contribution in [1.82, 2.24) is 14.5 Å². The highest BCUT2D eigenvalue weighted by molar-refractivity contribution is 7.09.